The van der Waals surface area contributed by atoms with Crippen LogP contribution < -0.4 is 0 Å². The van der Waals surface area contributed by atoms with Gasteiger partial charge >= 0.3 is 0 Å². The number of benzene rings is 2. The number of nitrogens with zero attached hydrogens (tertiary/aromatic N) is 4. The fraction of sp³-hybridized carbons (Fsp3) is 0.364. The van der Waals surface area contributed by atoms with Crippen molar-refractivity contribution in [3.8, 4) is 11.4 Å². The van der Waals surface area contributed by atoms with Crippen LogP contribution in [0.15, 0.2) is 57.9 Å². The predicted molar refractivity (Wildman–Crippen MR) is 114 cm³/mol. The highest BCUT2D eigenvalue weighted by atomic mass is 32.2. The van der Waals surface area contributed by atoms with E-state index in [0.717, 1.165) is 24.6 Å². The van der Waals surface area contributed by atoms with Gasteiger partial charge in [-0.15, -0.1) is 0 Å². The molecule has 7 nitrogen and oxygen atoms in total. The van der Waals surface area contributed by atoms with E-state index in [-0.39, 0.29) is 4.90 Å². The average Bonchev–Trinajstić information content (AvgIpc) is 3.23. The van der Waals surface area contributed by atoms with Crippen LogP contribution in [0.1, 0.15) is 17.9 Å². The molecule has 0 N–H and O–H groups in total. The fourth-order valence-corrected chi connectivity index (χ4v) is 5.05. The number of rotatable bonds is 7. The lowest BCUT2D eigenvalue weighted by atomic mass is 10.1. The van der Waals surface area contributed by atoms with Gasteiger partial charge in [-0.2, -0.15) is 9.29 Å². The van der Waals surface area contributed by atoms with Gasteiger partial charge in [-0.1, -0.05) is 41.1 Å². The first-order valence-electron chi connectivity index (χ1n) is 10.3. The fourth-order valence-electron chi connectivity index (χ4n) is 3.60. The minimum absolute atomic E-state index is 0.00160. The molecule has 0 saturated carbocycles. The van der Waals surface area contributed by atoms with E-state index in [4.69, 9.17) is 4.52 Å². The summed E-state index contributed by atoms with van der Waals surface area (Å²) in [4.78, 5) is 6.68. The smallest absolute Gasteiger partial charge is 0.243 e. The molecule has 1 aliphatic rings. The highest BCUT2D eigenvalue weighted by Gasteiger charge is 2.28. The Morgan fingerprint density at radius 2 is 1.81 bits per heavy atom. The van der Waals surface area contributed by atoms with Crippen LogP contribution in [0.2, 0.25) is 0 Å². The van der Waals surface area contributed by atoms with Crippen LogP contribution in [-0.2, 0) is 16.4 Å². The van der Waals surface area contributed by atoms with Gasteiger partial charge in [0.05, 0.1) is 4.90 Å². The van der Waals surface area contributed by atoms with E-state index < -0.39 is 15.8 Å². The van der Waals surface area contributed by atoms with E-state index >= 15 is 0 Å². The lowest BCUT2D eigenvalue weighted by Gasteiger charge is -2.33. The van der Waals surface area contributed by atoms with Crippen LogP contribution in [0.3, 0.4) is 0 Å². The molecule has 1 fully saturated rings. The van der Waals surface area contributed by atoms with E-state index in [1.807, 2.05) is 31.2 Å². The molecular formula is C22H25FN4O3S. The van der Waals surface area contributed by atoms with E-state index in [9.17, 15) is 12.8 Å². The Bertz CT molecular complexity index is 1120. The Morgan fingerprint density at radius 3 is 2.52 bits per heavy atom. The van der Waals surface area contributed by atoms with Gasteiger partial charge in [0.1, 0.15) is 5.82 Å². The summed E-state index contributed by atoms with van der Waals surface area (Å²) in [7, 11) is -3.66. The molecule has 0 bridgehead atoms. The maximum Gasteiger partial charge on any atom is 0.243 e. The van der Waals surface area contributed by atoms with Crippen LogP contribution in [0.5, 0.6) is 0 Å². The van der Waals surface area contributed by atoms with Gasteiger partial charge in [0.25, 0.3) is 0 Å². The van der Waals surface area contributed by atoms with E-state index in [1.54, 1.807) is 0 Å². The molecule has 9 heteroatoms. The zero-order valence-electron chi connectivity index (χ0n) is 17.4. The molecular weight excluding hydrogens is 419 g/mol. The third-order valence-corrected chi connectivity index (χ3v) is 7.30. The minimum atomic E-state index is -3.66. The molecule has 1 saturated heterocycles. The maximum absolute atomic E-state index is 13.4. The number of piperazine rings is 1. The monoisotopic (exact) mass is 444 g/mol. The van der Waals surface area contributed by atoms with E-state index in [0.29, 0.717) is 44.3 Å². The van der Waals surface area contributed by atoms with Gasteiger partial charge in [-0.25, -0.2) is 12.8 Å². The van der Waals surface area contributed by atoms with E-state index in [1.165, 1.54) is 28.1 Å². The van der Waals surface area contributed by atoms with Crippen molar-refractivity contribution in [3.05, 3.63) is 65.8 Å². The van der Waals surface area contributed by atoms with E-state index in [2.05, 4.69) is 15.0 Å². The molecule has 0 amide bonds. The third kappa shape index (κ3) is 5.17. The highest BCUT2D eigenvalue weighted by Crippen LogP contribution is 2.19. The van der Waals surface area contributed by atoms with Crippen molar-refractivity contribution >= 4 is 10.0 Å². The standard InChI is InChI=1S/C22H25FN4O3S/c1-17-7-9-18(10-8-17)22-24-21(30-25-22)6-3-11-26-12-14-27(15-13-26)31(28,29)20-5-2-4-19(23)16-20/h2,4-5,7-10,16H,3,6,11-15H2,1H3. The summed E-state index contributed by atoms with van der Waals surface area (Å²) >= 11 is 0. The van der Waals surface area contributed by atoms with Gasteiger partial charge < -0.3 is 9.42 Å². The molecule has 1 aromatic heterocycles. The van der Waals surface area contributed by atoms with Gasteiger partial charge in [-0.05, 0) is 38.1 Å². The van der Waals surface area contributed by atoms with Crippen molar-refractivity contribution in [1.29, 1.82) is 0 Å². The Labute approximate surface area is 181 Å². The zero-order valence-corrected chi connectivity index (χ0v) is 18.2. The molecule has 3 aromatic rings. The Morgan fingerprint density at radius 1 is 1.06 bits per heavy atom. The largest absolute Gasteiger partial charge is 0.339 e. The van der Waals surface area contributed by atoms with Crippen molar-refractivity contribution in [1.82, 2.24) is 19.3 Å². The first kappa shape index (κ1) is 21.6. The zero-order chi connectivity index (χ0) is 21.8. The number of sulfonamides is 1. The predicted octanol–water partition coefficient (Wildman–Crippen LogP) is 3.12. The average molecular weight is 445 g/mol. The van der Waals surface area contributed by atoms with Gasteiger partial charge in [0, 0.05) is 38.2 Å². The molecule has 0 spiro atoms. The Kier molecular flexibility index (Phi) is 6.45. The lowest BCUT2D eigenvalue weighted by molar-refractivity contribution is 0.185. The summed E-state index contributed by atoms with van der Waals surface area (Å²) in [6.07, 6.45) is 1.51. The minimum Gasteiger partial charge on any atom is -0.339 e. The molecule has 0 radical (unpaired) electrons. The van der Waals surface area contributed by atoms with Crippen molar-refractivity contribution in [2.24, 2.45) is 0 Å². The third-order valence-electron chi connectivity index (χ3n) is 5.41. The first-order chi connectivity index (χ1) is 14.9. The summed E-state index contributed by atoms with van der Waals surface area (Å²) in [6, 6.07) is 13.1. The normalized spacial score (nSPS) is 15.9. The molecule has 2 aromatic carbocycles. The summed E-state index contributed by atoms with van der Waals surface area (Å²) in [5.41, 5.74) is 2.10. The number of hydrogen-bond acceptors (Lipinski definition) is 6. The molecule has 0 aliphatic carbocycles. The Balaban J connectivity index is 1.25. The second-order valence-electron chi connectivity index (χ2n) is 7.68. The molecule has 0 atom stereocenters. The van der Waals surface area contributed by atoms with Crippen LogP contribution >= 0.6 is 0 Å². The molecule has 2 heterocycles. The SMILES string of the molecule is Cc1ccc(-c2noc(CCCN3CCN(S(=O)(=O)c4cccc(F)c4)CC3)n2)cc1. The molecule has 31 heavy (non-hydrogen) atoms. The second-order valence-corrected chi connectivity index (χ2v) is 9.62. The number of hydrogen-bond donors (Lipinski definition) is 0. The van der Waals surface area contributed by atoms with Crippen molar-refractivity contribution < 1.29 is 17.3 Å². The van der Waals surface area contributed by atoms with Crippen molar-refractivity contribution in [2.75, 3.05) is 32.7 Å². The van der Waals surface area contributed by atoms with Crippen LogP contribution in [0.25, 0.3) is 11.4 Å². The Hall–Kier alpha value is -2.62. The summed E-state index contributed by atoms with van der Waals surface area (Å²) in [6.45, 7) is 4.88. The van der Waals surface area contributed by atoms with Gasteiger partial charge in [0.2, 0.25) is 21.7 Å². The second kappa shape index (κ2) is 9.25. The molecule has 164 valence electrons. The summed E-state index contributed by atoms with van der Waals surface area (Å²) in [5, 5.41) is 4.05. The molecule has 1 aliphatic heterocycles. The molecule has 0 unspecified atom stereocenters. The maximum atomic E-state index is 13.4. The van der Waals surface area contributed by atoms with Crippen LogP contribution in [0.4, 0.5) is 4.39 Å². The summed E-state index contributed by atoms with van der Waals surface area (Å²) in [5.74, 6) is 0.639. The quantitative estimate of drug-likeness (QED) is 0.557. The van der Waals surface area contributed by atoms with Gasteiger partial charge in [-0.3, -0.25) is 0 Å². The van der Waals surface area contributed by atoms with Crippen molar-refractivity contribution in [3.63, 3.8) is 0 Å². The first-order valence-corrected chi connectivity index (χ1v) is 11.7. The number of aryl methyl sites for hydroxylation is 2. The topological polar surface area (TPSA) is 79.5 Å². The summed E-state index contributed by atoms with van der Waals surface area (Å²) < 4.78 is 45.6. The highest BCUT2D eigenvalue weighted by molar-refractivity contribution is 7.89. The lowest BCUT2D eigenvalue weighted by Crippen LogP contribution is -2.48. The van der Waals surface area contributed by atoms with Crippen molar-refractivity contribution in [2.45, 2.75) is 24.7 Å². The number of aromatic nitrogens is 2. The van der Waals surface area contributed by atoms with Crippen LogP contribution in [0, 0.1) is 12.7 Å². The van der Waals surface area contributed by atoms with Crippen LogP contribution in [-0.4, -0.2) is 60.5 Å². The molecule has 4 rings (SSSR count). The number of halogens is 1. The van der Waals surface area contributed by atoms with Gasteiger partial charge in [0.15, 0.2) is 0 Å².